The van der Waals surface area contributed by atoms with E-state index in [-0.39, 0.29) is 5.54 Å². The van der Waals surface area contributed by atoms with Gasteiger partial charge in [-0.05, 0) is 19.8 Å². The zero-order valence-corrected chi connectivity index (χ0v) is 10.5. The molecule has 1 aliphatic carbocycles. The normalized spacial score (nSPS) is 18.7. The summed E-state index contributed by atoms with van der Waals surface area (Å²) >= 11 is 1.55. The van der Waals surface area contributed by atoms with E-state index < -0.39 is 0 Å². The maximum Gasteiger partial charge on any atom is 0.269 e. The lowest BCUT2D eigenvalue weighted by molar-refractivity contribution is 0.373. The second-order valence-corrected chi connectivity index (χ2v) is 5.76. The van der Waals surface area contributed by atoms with Crippen LogP contribution in [-0.2, 0) is 5.54 Å². The number of aromatic nitrogens is 3. The fraction of sp³-hybridized carbons (Fsp3) is 0.545. The average Bonchev–Trinajstić information content (AvgIpc) is 2.96. The third kappa shape index (κ3) is 1.87. The molecule has 5 nitrogen and oxygen atoms in total. The van der Waals surface area contributed by atoms with Crippen molar-refractivity contribution in [1.29, 1.82) is 0 Å². The van der Waals surface area contributed by atoms with Gasteiger partial charge in [0.15, 0.2) is 5.82 Å². The van der Waals surface area contributed by atoms with Crippen LogP contribution >= 0.6 is 11.3 Å². The van der Waals surface area contributed by atoms with E-state index in [9.17, 15) is 0 Å². The molecule has 1 fully saturated rings. The fourth-order valence-corrected chi connectivity index (χ4v) is 2.91. The molecule has 0 atom stereocenters. The Balaban J connectivity index is 1.92. The molecule has 0 unspecified atom stereocenters. The first kappa shape index (κ1) is 10.9. The van der Waals surface area contributed by atoms with Crippen LogP contribution in [0.4, 0.5) is 0 Å². The van der Waals surface area contributed by atoms with Crippen LogP contribution in [0, 0.1) is 6.92 Å². The van der Waals surface area contributed by atoms with Crippen LogP contribution in [0.1, 0.15) is 36.5 Å². The first-order valence-corrected chi connectivity index (χ1v) is 6.55. The van der Waals surface area contributed by atoms with Gasteiger partial charge in [0.05, 0.1) is 16.7 Å². The average molecular weight is 250 g/mol. The molecule has 1 aliphatic rings. The maximum atomic E-state index is 6.28. The Hall–Kier alpha value is -1.27. The van der Waals surface area contributed by atoms with Gasteiger partial charge in [-0.25, -0.2) is 4.98 Å². The van der Waals surface area contributed by atoms with Gasteiger partial charge in [0.2, 0.25) is 0 Å². The van der Waals surface area contributed by atoms with E-state index in [2.05, 4.69) is 15.1 Å². The Morgan fingerprint density at radius 1 is 1.41 bits per heavy atom. The number of nitrogens with zero attached hydrogens (tertiary/aromatic N) is 3. The molecule has 0 spiro atoms. The molecular formula is C11H14N4OS. The van der Waals surface area contributed by atoms with E-state index >= 15 is 0 Å². The number of nitrogens with two attached hydrogens (primary N) is 1. The summed E-state index contributed by atoms with van der Waals surface area (Å²) < 4.78 is 5.27. The Morgan fingerprint density at radius 2 is 2.18 bits per heavy atom. The van der Waals surface area contributed by atoms with Crippen molar-refractivity contribution in [1.82, 2.24) is 15.1 Å². The van der Waals surface area contributed by atoms with Gasteiger partial charge < -0.3 is 10.3 Å². The number of hydrogen-bond donors (Lipinski definition) is 1. The fourth-order valence-electron chi connectivity index (χ4n) is 2.22. The predicted molar refractivity (Wildman–Crippen MR) is 64.5 cm³/mol. The minimum atomic E-state index is -0.387. The third-order valence-corrected chi connectivity index (χ3v) is 4.10. The SMILES string of the molecule is Cc1ncc(-c2nc(C3(N)CCCC3)no2)s1. The van der Waals surface area contributed by atoms with Crippen LogP contribution in [0.3, 0.4) is 0 Å². The van der Waals surface area contributed by atoms with Gasteiger partial charge in [-0.3, -0.25) is 0 Å². The first-order chi connectivity index (χ1) is 8.17. The number of hydrogen-bond acceptors (Lipinski definition) is 6. The predicted octanol–water partition coefficient (Wildman–Crippen LogP) is 2.23. The molecule has 0 saturated heterocycles. The molecule has 0 aromatic carbocycles. The minimum absolute atomic E-state index is 0.387. The molecule has 90 valence electrons. The third-order valence-electron chi connectivity index (χ3n) is 3.20. The van der Waals surface area contributed by atoms with Gasteiger partial charge in [-0.15, -0.1) is 11.3 Å². The number of rotatable bonds is 2. The molecule has 1 saturated carbocycles. The number of thiazole rings is 1. The van der Waals surface area contributed by atoms with Crippen LogP contribution in [0.5, 0.6) is 0 Å². The molecule has 2 N–H and O–H groups in total. The van der Waals surface area contributed by atoms with Crippen molar-refractivity contribution in [3.63, 3.8) is 0 Å². The Morgan fingerprint density at radius 3 is 2.82 bits per heavy atom. The highest BCUT2D eigenvalue weighted by atomic mass is 32.1. The Kier molecular flexibility index (Phi) is 2.48. The second-order valence-electron chi connectivity index (χ2n) is 4.53. The summed E-state index contributed by atoms with van der Waals surface area (Å²) in [5.74, 6) is 1.17. The maximum absolute atomic E-state index is 6.28. The van der Waals surface area contributed by atoms with Crippen LogP contribution in [0.25, 0.3) is 10.8 Å². The monoisotopic (exact) mass is 250 g/mol. The Labute approximate surface area is 103 Å². The van der Waals surface area contributed by atoms with E-state index in [1.54, 1.807) is 17.5 Å². The summed E-state index contributed by atoms with van der Waals surface area (Å²) in [5.41, 5.74) is 5.89. The molecule has 6 heteroatoms. The second kappa shape index (κ2) is 3.89. The van der Waals surface area contributed by atoms with Crippen molar-refractivity contribution in [2.24, 2.45) is 5.73 Å². The molecular weight excluding hydrogens is 236 g/mol. The van der Waals surface area contributed by atoms with Gasteiger partial charge in [0, 0.05) is 0 Å². The summed E-state index contributed by atoms with van der Waals surface area (Å²) in [6.07, 6.45) is 5.91. The number of aryl methyl sites for hydroxylation is 1. The molecule has 2 aromatic heterocycles. The van der Waals surface area contributed by atoms with Crippen molar-refractivity contribution in [3.05, 3.63) is 17.0 Å². The molecule has 3 rings (SSSR count). The van der Waals surface area contributed by atoms with Gasteiger partial charge in [0.25, 0.3) is 5.89 Å². The van der Waals surface area contributed by atoms with E-state index in [1.807, 2.05) is 6.92 Å². The first-order valence-electron chi connectivity index (χ1n) is 5.73. The van der Waals surface area contributed by atoms with Crippen molar-refractivity contribution >= 4 is 11.3 Å². The Bertz CT molecular complexity index is 527. The molecule has 0 amide bonds. The molecule has 17 heavy (non-hydrogen) atoms. The standard InChI is InChI=1S/C11H14N4OS/c1-7-13-6-8(17-7)9-14-10(15-16-9)11(12)4-2-3-5-11/h6H,2-5,12H2,1H3. The van der Waals surface area contributed by atoms with Crippen LogP contribution in [0.2, 0.25) is 0 Å². The van der Waals surface area contributed by atoms with Gasteiger partial charge in [-0.2, -0.15) is 4.98 Å². The lowest BCUT2D eigenvalue weighted by Crippen LogP contribution is -2.34. The van der Waals surface area contributed by atoms with E-state index in [4.69, 9.17) is 10.3 Å². The van der Waals surface area contributed by atoms with Gasteiger partial charge in [-0.1, -0.05) is 18.0 Å². The van der Waals surface area contributed by atoms with E-state index in [0.29, 0.717) is 11.7 Å². The zero-order chi connectivity index (χ0) is 11.9. The van der Waals surface area contributed by atoms with Crippen molar-refractivity contribution in [3.8, 4) is 10.8 Å². The smallest absolute Gasteiger partial charge is 0.269 e. The van der Waals surface area contributed by atoms with E-state index in [0.717, 1.165) is 35.6 Å². The molecule has 2 heterocycles. The van der Waals surface area contributed by atoms with Crippen LogP contribution in [0.15, 0.2) is 10.7 Å². The largest absolute Gasteiger partial charge is 0.333 e. The minimum Gasteiger partial charge on any atom is -0.333 e. The van der Waals surface area contributed by atoms with Crippen molar-refractivity contribution in [2.45, 2.75) is 38.1 Å². The topological polar surface area (TPSA) is 77.8 Å². The molecule has 0 radical (unpaired) electrons. The molecule has 2 aromatic rings. The van der Waals surface area contributed by atoms with Crippen LogP contribution < -0.4 is 5.73 Å². The summed E-state index contributed by atoms with van der Waals surface area (Å²) in [5, 5.41) is 5.01. The highest BCUT2D eigenvalue weighted by Crippen LogP contribution is 2.35. The summed E-state index contributed by atoms with van der Waals surface area (Å²) in [6.45, 7) is 1.95. The zero-order valence-electron chi connectivity index (χ0n) is 9.64. The molecule has 0 bridgehead atoms. The van der Waals surface area contributed by atoms with E-state index in [1.165, 1.54) is 0 Å². The van der Waals surface area contributed by atoms with Crippen molar-refractivity contribution < 1.29 is 4.52 Å². The highest BCUT2D eigenvalue weighted by Gasteiger charge is 2.36. The van der Waals surface area contributed by atoms with Gasteiger partial charge in [0.1, 0.15) is 4.88 Å². The molecule has 0 aliphatic heterocycles. The van der Waals surface area contributed by atoms with Gasteiger partial charge >= 0.3 is 0 Å². The summed E-state index contributed by atoms with van der Waals surface area (Å²) in [6, 6.07) is 0. The lowest BCUT2D eigenvalue weighted by Gasteiger charge is -2.17. The van der Waals surface area contributed by atoms with Crippen molar-refractivity contribution in [2.75, 3.05) is 0 Å². The lowest BCUT2D eigenvalue weighted by atomic mass is 9.99. The summed E-state index contributed by atoms with van der Waals surface area (Å²) in [7, 11) is 0. The highest BCUT2D eigenvalue weighted by molar-refractivity contribution is 7.14. The summed E-state index contributed by atoms with van der Waals surface area (Å²) in [4.78, 5) is 9.50. The van der Waals surface area contributed by atoms with Crippen LogP contribution in [-0.4, -0.2) is 15.1 Å². The quantitative estimate of drug-likeness (QED) is 0.884.